The third-order valence-corrected chi connectivity index (χ3v) is 15.2. The summed E-state index contributed by atoms with van der Waals surface area (Å²) < 4.78 is 6.19. The van der Waals surface area contributed by atoms with E-state index < -0.39 is 0 Å². The Morgan fingerprint density at radius 3 is 2.06 bits per heavy atom. The van der Waals surface area contributed by atoms with Crippen LogP contribution in [-0.2, 0) is 9.53 Å². The van der Waals surface area contributed by atoms with E-state index in [9.17, 15) is 4.79 Å². The number of ether oxygens (including phenoxy) is 1. The van der Waals surface area contributed by atoms with E-state index in [4.69, 9.17) is 15.0 Å². The number of hydrogen-bond donors (Lipinski definition) is 0. The van der Waals surface area contributed by atoms with Gasteiger partial charge in [0.25, 0.3) is 0 Å². The van der Waals surface area contributed by atoms with Crippen LogP contribution in [0.5, 0.6) is 0 Å². The fourth-order valence-electron chi connectivity index (χ4n) is 12.2. The van der Waals surface area contributed by atoms with Gasteiger partial charge in [0.1, 0.15) is 6.10 Å². The first-order chi connectivity index (χ1) is 23.6. The van der Waals surface area contributed by atoms with Crippen LogP contribution in [0.1, 0.15) is 202 Å². The van der Waals surface area contributed by atoms with Gasteiger partial charge in [0.05, 0.1) is 0 Å². The highest BCUT2D eigenvalue weighted by molar-refractivity contribution is 5.69. The number of rotatable bonds is 21. The van der Waals surface area contributed by atoms with E-state index in [1.807, 2.05) is 0 Å². The highest BCUT2D eigenvalue weighted by Gasteiger charge is 2.70. The van der Waals surface area contributed by atoms with E-state index in [0.29, 0.717) is 29.1 Å². The standard InChI is InChI=1S/C45H78N2O2/c1-7-8-9-10-11-12-13-14-15-16-17-18-19-20-21-25-41(48)49-37-28-30-43(5)36(32-37)33-45(46-47-45)42-39-27-26-38(35(4)24-22-23-34(2)3)44(39,6)31-29-40(42)43/h14-15,34-40,42H,7-13,16-33H2,1-6H3/b15-14-/t35-,36-,37+,38-,39+,40+,42+,43+,44-/m1/s1. The van der Waals surface area contributed by atoms with E-state index in [0.717, 1.165) is 61.7 Å². The fraction of sp³-hybridized carbons (Fsp3) is 0.933. The van der Waals surface area contributed by atoms with Crippen molar-refractivity contribution in [2.24, 2.45) is 62.5 Å². The van der Waals surface area contributed by atoms with E-state index in [1.54, 1.807) is 0 Å². The number of carbonyl (C=O) groups is 1. The lowest BCUT2D eigenvalue weighted by atomic mass is 9.42. The number of fused-ring (bicyclic) bond motifs is 6. The zero-order valence-corrected chi connectivity index (χ0v) is 33.2. The number of esters is 1. The Morgan fingerprint density at radius 2 is 1.39 bits per heavy atom. The summed E-state index contributed by atoms with van der Waals surface area (Å²) in [5, 5.41) is 9.87. The molecule has 1 heterocycles. The van der Waals surface area contributed by atoms with Crippen molar-refractivity contribution in [1.29, 1.82) is 0 Å². The average Bonchev–Trinajstić information content (AvgIpc) is 3.74. The van der Waals surface area contributed by atoms with Gasteiger partial charge in [0.15, 0.2) is 5.66 Å². The molecule has 4 heteroatoms. The first-order valence-corrected chi connectivity index (χ1v) is 21.9. The van der Waals surface area contributed by atoms with Crippen LogP contribution < -0.4 is 0 Å². The molecule has 280 valence electrons. The van der Waals surface area contributed by atoms with E-state index in [-0.39, 0.29) is 17.7 Å². The molecule has 9 atom stereocenters. The van der Waals surface area contributed by atoms with Gasteiger partial charge < -0.3 is 4.74 Å². The van der Waals surface area contributed by atoms with E-state index in [1.165, 1.54) is 122 Å². The Kier molecular flexibility index (Phi) is 14.4. The second-order valence-electron chi connectivity index (χ2n) is 19.0. The summed E-state index contributed by atoms with van der Waals surface area (Å²) in [5.41, 5.74) is 0.684. The molecule has 1 spiro atoms. The average molecular weight is 679 g/mol. The summed E-state index contributed by atoms with van der Waals surface area (Å²) in [6, 6.07) is 0. The predicted octanol–water partition coefficient (Wildman–Crippen LogP) is 13.8. The summed E-state index contributed by atoms with van der Waals surface area (Å²) in [5.74, 6) is 5.27. The van der Waals surface area contributed by atoms with Gasteiger partial charge >= 0.3 is 5.97 Å². The lowest BCUT2D eigenvalue weighted by molar-refractivity contribution is -0.168. The minimum Gasteiger partial charge on any atom is -0.462 e. The molecule has 0 aromatic heterocycles. The lowest BCUT2D eigenvalue weighted by Gasteiger charge is -2.62. The molecule has 49 heavy (non-hydrogen) atoms. The molecule has 0 amide bonds. The molecule has 5 rings (SSSR count). The van der Waals surface area contributed by atoms with Crippen LogP contribution in [0, 0.1) is 52.3 Å². The van der Waals surface area contributed by atoms with Crippen LogP contribution in [-0.4, -0.2) is 17.7 Å². The highest BCUT2D eigenvalue weighted by Crippen LogP contribution is 2.73. The summed E-state index contributed by atoms with van der Waals surface area (Å²) in [4.78, 5) is 12.9. The van der Waals surface area contributed by atoms with Gasteiger partial charge in [0.2, 0.25) is 0 Å². The van der Waals surface area contributed by atoms with Gasteiger partial charge in [-0.05, 0) is 123 Å². The molecule has 4 aliphatic carbocycles. The van der Waals surface area contributed by atoms with Crippen molar-refractivity contribution in [1.82, 2.24) is 0 Å². The largest absolute Gasteiger partial charge is 0.462 e. The highest BCUT2D eigenvalue weighted by atomic mass is 16.5. The summed E-state index contributed by atoms with van der Waals surface area (Å²) in [6.45, 7) is 14.9. The molecule has 0 bridgehead atoms. The van der Waals surface area contributed by atoms with Crippen LogP contribution in [0.3, 0.4) is 0 Å². The molecular formula is C45H78N2O2. The van der Waals surface area contributed by atoms with Gasteiger partial charge in [-0.2, -0.15) is 10.2 Å². The number of nitrogens with zero attached hydrogens (tertiary/aromatic N) is 2. The SMILES string of the molecule is CCCCCCCC/C=C\CCCCCCCC(=O)O[C@H]1CC[C@@]2(C)[C@H](C1)CC1(N=N1)[C@@H]1[C@@H]2CC[C@]2(C)[C@@H]([C@H](C)CCCC(C)C)CC[C@@H]12. The summed E-state index contributed by atoms with van der Waals surface area (Å²) in [6.07, 6.45) is 36.2. The normalized spacial score (nSPS) is 35.0. The zero-order valence-electron chi connectivity index (χ0n) is 33.2. The van der Waals surface area contributed by atoms with E-state index >= 15 is 0 Å². The maximum atomic E-state index is 12.9. The van der Waals surface area contributed by atoms with Gasteiger partial charge in [-0.25, -0.2) is 0 Å². The molecule has 0 radical (unpaired) electrons. The van der Waals surface area contributed by atoms with Crippen molar-refractivity contribution >= 4 is 5.97 Å². The van der Waals surface area contributed by atoms with Gasteiger partial charge in [-0.1, -0.05) is 124 Å². The molecule has 5 aliphatic rings. The zero-order chi connectivity index (χ0) is 34.9. The summed E-state index contributed by atoms with van der Waals surface area (Å²) >= 11 is 0. The molecule has 0 saturated heterocycles. The van der Waals surface area contributed by atoms with Crippen molar-refractivity contribution in [3.8, 4) is 0 Å². The van der Waals surface area contributed by atoms with Crippen molar-refractivity contribution in [3.63, 3.8) is 0 Å². The van der Waals surface area contributed by atoms with Gasteiger partial charge in [-0.15, -0.1) is 0 Å². The maximum absolute atomic E-state index is 12.9. The van der Waals surface area contributed by atoms with Crippen LogP contribution in [0.25, 0.3) is 0 Å². The molecule has 4 fully saturated rings. The molecule has 4 nitrogen and oxygen atoms in total. The molecule has 4 saturated carbocycles. The molecular weight excluding hydrogens is 601 g/mol. The predicted molar refractivity (Wildman–Crippen MR) is 205 cm³/mol. The maximum Gasteiger partial charge on any atom is 0.306 e. The second kappa shape index (κ2) is 18.0. The molecule has 0 unspecified atom stereocenters. The molecule has 0 aromatic carbocycles. The fourth-order valence-corrected chi connectivity index (χ4v) is 12.2. The second-order valence-corrected chi connectivity index (χ2v) is 19.0. The summed E-state index contributed by atoms with van der Waals surface area (Å²) in [7, 11) is 0. The van der Waals surface area contributed by atoms with Crippen molar-refractivity contribution in [3.05, 3.63) is 12.2 Å². The van der Waals surface area contributed by atoms with Crippen molar-refractivity contribution in [2.75, 3.05) is 0 Å². The number of allylic oxidation sites excluding steroid dienone is 2. The Morgan fingerprint density at radius 1 is 0.755 bits per heavy atom. The number of carbonyl (C=O) groups excluding carboxylic acids is 1. The van der Waals surface area contributed by atoms with Gasteiger partial charge in [-0.3, -0.25) is 4.79 Å². The van der Waals surface area contributed by atoms with Crippen LogP contribution >= 0.6 is 0 Å². The number of hydrogen-bond acceptors (Lipinski definition) is 4. The van der Waals surface area contributed by atoms with Crippen LogP contribution in [0.2, 0.25) is 0 Å². The first kappa shape index (κ1) is 39.0. The third kappa shape index (κ3) is 9.63. The monoisotopic (exact) mass is 679 g/mol. The quantitative estimate of drug-likeness (QED) is 0.0689. The Balaban J connectivity index is 1.00. The molecule has 0 N–H and O–H groups in total. The lowest BCUT2D eigenvalue weighted by Crippen LogP contribution is -2.60. The topological polar surface area (TPSA) is 51.0 Å². The smallest absolute Gasteiger partial charge is 0.306 e. The van der Waals surface area contributed by atoms with Gasteiger partial charge in [0, 0.05) is 18.8 Å². The van der Waals surface area contributed by atoms with Crippen LogP contribution in [0.4, 0.5) is 0 Å². The van der Waals surface area contributed by atoms with Crippen LogP contribution in [0.15, 0.2) is 22.4 Å². The Labute approximate surface area is 303 Å². The van der Waals surface area contributed by atoms with E-state index in [2.05, 4.69) is 53.7 Å². The minimum absolute atomic E-state index is 0.0448. The third-order valence-electron chi connectivity index (χ3n) is 15.2. The van der Waals surface area contributed by atoms with Crippen molar-refractivity contribution < 1.29 is 9.53 Å². The Bertz CT molecular complexity index is 1080. The number of unbranched alkanes of at least 4 members (excludes halogenated alkanes) is 11. The molecule has 0 aromatic rings. The Hall–Kier alpha value is -1.19. The van der Waals surface area contributed by atoms with Crippen molar-refractivity contribution in [2.45, 2.75) is 214 Å². The first-order valence-electron chi connectivity index (χ1n) is 21.9. The minimum atomic E-state index is -0.119. The molecule has 1 aliphatic heterocycles.